The summed E-state index contributed by atoms with van der Waals surface area (Å²) in [4.78, 5) is 8.62. The number of para-hydroxylation sites is 1. The molecule has 21 heavy (non-hydrogen) atoms. The lowest BCUT2D eigenvalue weighted by atomic mass is 10.3. The van der Waals surface area contributed by atoms with E-state index in [2.05, 4.69) is 30.8 Å². The van der Waals surface area contributed by atoms with Crippen LogP contribution in [-0.2, 0) is 0 Å². The van der Waals surface area contributed by atoms with Crippen molar-refractivity contribution < 1.29 is 0 Å². The first kappa shape index (κ1) is 13.5. The van der Waals surface area contributed by atoms with Gasteiger partial charge in [-0.05, 0) is 41.2 Å². The maximum atomic E-state index is 4.45. The molecule has 0 bridgehead atoms. The minimum Gasteiger partial charge on any atom is -0.369 e. The van der Waals surface area contributed by atoms with Gasteiger partial charge < -0.3 is 5.32 Å². The molecule has 1 N–H and O–H groups in total. The van der Waals surface area contributed by atoms with Crippen LogP contribution in [0, 0.1) is 0 Å². The van der Waals surface area contributed by atoms with E-state index in [1.807, 2.05) is 37.3 Å². The Hall–Kier alpha value is -2.48. The van der Waals surface area contributed by atoms with Crippen molar-refractivity contribution in [2.24, 2.45) is 0 Å². The molecular formula is C13H13N7S. The molecule has 0 fully saturated rings. The van der Waals surface area contributed by atoms with Crippen LogP contribution in [0.15, 0.2) is 52.9 Å². The number of nitrogens with one attached hydrogen (secondary N) is 1. The molecule has 0 unspecified atom stereocenters. The standard InChI is InChI=1S/C13H13N7S/c1-2-15-11-8-14-9-12(16-11)21-13-17-18-19-20(13)10-6-4-3-5-7-10/h3-9H,2H2,1H3,(H,15,16). The van der Waals surface area contributed by atoms with Gasteiger partial charge >= 0.3 is 0 Å². The average Bonchev–Trinajstić information content (AvgIpc) is 2.97. The van der Waals surface area contributed by atoms with Crippen molar-refractivity contribution in [2.45, 2.75) is 17.1 Å². The van der Waals surface area contributed by atoms with Crippen molar-refractivity contribution in [3.05, 3.63) is 42.7 Å². The second kappa shape index (κ2) is 6.31. The van der Waals surface area contributed by atoms with Crippen LogP contribution in [0.4, 0.5) is 5.82 Å². The first-order chi connectivity index (χ1) is 10.4. The Morgan fingerprint density at radius 2 is 2.05 bits per heavy atom. The normalized spacial score (nSPS) is 10.5. The van der Waals surface area contributed by atoms with Crippen molar-refractivity contribution in [1.82, 2.24) is 30.2 Å². The summed E-state index contributed by atoms with van der Waals surface area (Å²) >= 11 is 1.37. The molecule has 0 radical (unpaired) electrons. The molecule has 0 saturated heterocycles. The third-order valence-corrected chi connectivity index (χ3v) is 3.45. The van der Waals surface area contributed by atoms with E-state index in [-0.39, 0.29) is 0 Å². The molecular weight excluding hydrogens is 286 g/mol. The van der Waals surface area contributed by atoms with Crippen LogP contribution in [0.1, 0.15) is 6.92 Å². The van der Waals surface area contributed by atoms with Gasteiger partial charge in [0.2, 0.25) is 5.16 Å². The fourth-order valence-corrected chi connectivity index (χ4v) is 2.48. The number of rotatable bonds is 5. The summed E-state index contributed by atoms with van der Waals surface area (Å²) in [6.07, 6.45) is 3.38. The van der Waals surface area contributed by atoms with Gasteiger partial charge in [-0.15, -0.1) is 5.10 Å². The fourth-order valence-electron chi connectivity index (χ4n) is 1.73. The van der Waals surface area contributed by atoms with Crippen LogP contribution < -0.4 is 5.32 Å². The van der Waals surface area contributed by atoms with Crippen molar-refractivity contribution in [3.8, 4) is 5.69 Å². The average molecular weight is 299 g/mol. The number of hydrogen-bond acceptors (Lipinski definition) is 7. The predicted molar refractivity (Wildman–Crippen MR) is 79.5 cm³/mol. The van der Waals surface area contributed by atoms with Crippen LogP contribution in [0.3, 0.4) is 0 Å². The van der Waals surface area contributed by atoms with Crippen molar-refractivity contribution in [2.75, 3.05) is 11.9 Å². The Morgan fingerprint density at radius 3 is 2.86 bits per heavy atom. The summed E-state index contributed by atoms with van der Waals surface area (Å²) in [6, 6.07) is 9.72. The Bertz CT molecular complexity index is 713. The number of hydrogen-bond donors (Lipinski definition) is 1. The van der Waals surface area contributed by atoms with E-state index in [1.165, 1.54) is 11.8 Å². The third kappa shape index (κ3) is 3.16. The van der Waals surface area contributed by atoms with Crippen LogP contribution in [-0.4, -0.2) is 36.7 Å². The molecule has 0 aliphatic rings. The summed E-state index contributed by atoms with van der Waals surface area (Å²) in [7, 11) is 0. The number of nitrogens with zero attached hydrogens (tertiary/aromatic N) is 6. The topological polar surface area (TPSA) is 81.4 Å². The molecule has 2 aromatic heterocycles. The third-order valence-electron chi connectivity index (χ3n) is 2.61. The highest BCUT2D eigenvalue weighted by Gasteiger charge is 2.11. The highest BCUT2D eigenvalue weighted by molar-refractivity contribution is 7.99. The molecule has 3 aromatic rings. The molecule has 0 amide bonds. The van der Waals surface area contributed by atoms with Gasteiger partial charge in [0.1, 0.15) is 10.8 Å². The molecule has 0 aliphatic heterocycles. The lowest BCUT2D eigenvalue weighted by Gasteiger charge is -2.05. The largest absolute Gasteiger partial charge is 0.369 e. The van der Waals surface area contributed by atoms with Crippen LogP contribution in [0.2, 0.25) is 0 Å². The summed E-state index contributed by atoms with van der Waals surface area (Å²) in [5.74, 6) is 0.737. The summed E-state index contributed by atoms with van der Waals surface area (Å²) in [6.45, 7) is 2.81. The SMILES string of the molecule is CCNc1cncc(Sc2nnnn2-c2ccccc2)n1. The smallest absolute Gasteiger partial charge is 0.220 e. The minimum absolute atomic E-state index is 0.643. The van der Waals surface area contributed by atoms with E-state index in [4.69, 9.17) is 0 Å². The number of tetrazole rings is 1. The lowest BCUT2D eigenvalue weighted by Crippen LogP contribution is -2.01. The molecule has 0 spiro atoms. The molecule has 0 atom stereocenters. The van der Waals surface area contributed by atoms with Gasteiger partial charge in [0.05, 0.1) is 18.1 Å². The Kier molecular flexibility index (Phi) is 4.06. The van der Waals surface area contributed by atoms with E-state index in [1.54, 1.807) is 17.1 Å². The number of aromatic nitrogens is 6. The summed E-state index contributed by atoms with van der Waals surface area (Å²) < 4.78 is 1.67. The van der Waals surface area contributed by atoms with E-state index in [0.29, 0.717) is 5.16 Å². The predicted octanol–water partition coefficient (Wildman–Crippen LogP) is 2.04. The summed E-state index contributed by atoms with van der Waals surface area (Å²) in [5, 5.41) is 16.3. The van der Waals surface area contributed by atoms with Gasteiger partial charge in [-0.2, -0.15) is 4.68 Å². The second-order valence-corrected chi connectivity index (χ2v) is 5.07. The van der Waals surface area contributed by atoms with Gasteiger partial charge in [-0.3, -0.25) is 4.98 Å². The zero-order valence-corrected chi connectivity index (χ0v) is 12.2. The van der Waals surface area contributed by atoms with Crippen molar-refractivity contribution in [3.63, 3.8) is 0 Å². The van der Waals surface area contributed by atoms with Crippen molar-refractivity contribution in [1.29, 1.82) is 0 Å². The first-order valence-electron chi connectivity index (χ1n) is 6.44. The van der Waals surface area contributed by atoms with Crippen LogP contribution in [0.25, 0.3) is 5.69 Å². The van der Waals surface area contributed by atoms with Crippen molar-refractivity contribution >= 4 is 17.6 Å². The monoisotopic (exact) mass is 299 g/mol. The molecule has 2 heterocycles. The highest BCUT2D eigenvalue weighted by atomic mass is 32.2. The molecule has 8 heteroatoms. The van der Waals surface area contributed by atoms with E-state index in [0.717, 1.165) is 23.1 Å². The Labute approximate surface area is 125 Å². The van der Waals surface area contributed by atoms with Crippen LogP contribution >= 0.6 is 11.8 Å². The van der Waals surface area contributed by atoms with E-state index >= 15 is 0 Å². The van der Waals surface area contributed by atoms with E-state index < -0.39 is 0 Å². The van der Waals surface area contributed by atoms with E-state index in [9.17, 15) is 0 Å². The zero-order valence-electron chi connectivity index (χ0n) is 11.3. The molecule has 7 nitrogen and oxygen atoms in total. The molecule has 1 aromatic carbocycles. The van der Waals surface area contributed by atoms with Gasteiger partial charge in [0, 0.05) is 6.54 Å². The maximum absolute atomic E-state index is 4.45. The number of benzene rings is 1. The Balaban J connectivity index is 1.86. The molecule has 106 valence electrons. The minimum atomic E-state index is 0.643. The highest BCUT2D eigenvalue weighted by Crippen LogP contribution is 2.25. The van der Waals surface area contributed by atoms with Gasteiger partial charge in [-0.1, -0.05) is 18.2 Å². The first-order valence-corrected chi connectivity index (χ1v) is 7.26. The Morgan fingerprint density at radius 1 is 1.19 bits per heavy atom. The quantitative estimate of drug-likeness (QED) is 0.772. The molecule has 3 rings (SSSR count). The van der Waals surface area contributed by atoms with Gasteiger partial charge in [0.25, 0.3) is 0 Å². The second-order valence-electron chi connectivity index (χ2n) is 4.08. The molecule has 0 aliphatic carbocycles. The van der Waals surface area contributed by atoms with Gasteiger partial charge in [-0.25, -0.2) is 4.98 Å². The zero-order chi connectivity index (χ0) is 14.5. The molecule has 0 saturated carbocycles. The fraction of sp³-hybridized carbons (Fsp3) is 0.154. The number of anilines is 1. The summed E-state index contributed by atoms with van der Waals surface area (Å²) in [5.41, 5.74) is 0.904. The van der Waals surface area contributed by atoms with Gasteiger partial charge in [0.15, 0.2) is 0 Å². The van der Waals surface area contributed by atoms with Crippen LogP contribution in [0.5, 0.6) is 0 Å². The lowest BCUT2D eigenvalue weighted by molar-refractivity contribution is 0.756. The maximum Gasteiger partial charge on any atom is 0.220 e.